The van der Waals surface area contributed by atoms with E-state index in [-0.39, 0.29) is 6.04 Å². The number of benzene rings is 1. The zero-order chi connectivity index (χ0) is 12.7. The monoisotopic (exact) mass is 260 g/mol. The lowest BCUT2D eigenvalue weighted by Crippen LogP contribution is -2.18. The van der Waals surface area contributed by atoms with Gasteiger partial charge in [0.25, 0.3) is 0 Å². The number of nitrogens with zero attached hydrogens (tertiary/aromatic N) is 1. The number of aryl methyl sites for hydroxylation is 1. The van der Waals surface area contributed by atoms with Crippen LogP contribution in [-0.4, -0.2) is 4.57 Å². The lowest BCUT2D eigenvalue weighted by atomic mass is 9.93. The molecule has 0 bridgehead atoms. The van der Waals surface area contributed by atoms with Crippen molar-refractivity contribution in [2.75, 3.05) is 0 Å². The highest BCUT2D eigenvalue weighted by Gasteiger charge is 2.21. The van der Waals surface area contributed by atoms with Crippen LogP contribution in [0.25, 0.3) is 5.69 Å². The molecule has 0 saturated carbocycles. The van der Waals surface area contributed by atoms with E-state index in [0.29, 0.717) is 0 Å². The molecule has 2 N–H and O–H groups in total. The number of aromatic nitrogens is 1. The van der Waals surface area contributed by atoms with E-state index in [0.717, 1.165) is 30.0 Å². The van der Waals surface area contributed by atoms with Crippen molar-refractivity contribution in [1.29, 1.82) is 0 Å². The summed E-state index contributed by atoms with van der Waals surface area (Å²) < 4.78 is 2.21. The fourth-order valence-corrected chi connectivity index (χ4v) is 3.18. The van der Waals surface area contributed by atoms with Crippen LogP contribution in [0.5, 0.6) is 0 Å². The van der Waals surface area contributed by atoms with Crippen LogP contribution in [0.4, 0.5) is 0 Å². The Morgan fingerprint density at radius 1 is 1.33 bits per heavy atom. The van der Waals surface area contributed by atoms with E-state index in [2.05, 4.69) is 29.8 Å². The molecule has 18 heavy (non-hydrogen) atoms. The average Bonchev–Trinajstić information content (AvgIpc) is 2.75. The molecular formula is C15H17ClN2. The van der Waals surface area contributed by atoms with Crippen LogP contribution in [0.15, 0.2) is 30.5 Å². The first kappa shape index (κ1) is 11.8. The molecule has 3 heteroatoms. The maximum atomic E-state index is 6.35. The van der Waals surface area contributed by atoms with Gasteiger partial charge in [-0.1, -0.05) is 23.7 Å². The molecule has 1 heterocycles. The average molecular weight is 261 g/mol. The predicted octanol–water partition coefficient (Wildman–Crippen LogP) is 3.78. The topological polar surface area (TPSA) is 30.9 Å². The molecule has 2 aromatic rings. The van der Waals surface area contributed by atoms with Crippen LogP contribution >= 0.6 is 11.6 Å². The quantitative estimate of drug-likeness (QED) is 0.831. The van der Waals surface area contributed by atoms with Crippen molar-refractivity contribution in [2.24, 2.45) is 5.73 Å². The van der Waals surface area contributed by atoms with Gasteiger partial charge in [-0.2, -0.15) is 0 Å². The summed E-state index contributed by atoms with van der Waals surface area (Å²) in [6, 6.07) is 8.35. The van der Waals surface area contributed by atoms with Crippen LogP contribution in [0, 0.1) is 6.92 Å². The van der Waals surface area contributed by atoms with Gasteiger partial charge in [0.15, 0.2) is 0 Å². The Kier molecular flexibility index (Phi) is 2.92. The number of halogens is 1. The first-order valence-corrected chi connectivity index (χ1v) is 6.77. The van der Waals surface area contributed by atoms with Gasteiger partial charge in [0.05, 0.1) is 10.7 Å². The Balaban J connectivity index is 2.19. The van der Waals surface area contributed by atoms with Gasteiger partial charge >= 0.3 is 0 Å². The van der Waals surface area contributed by atoms with E-state index < -0.39 is 0 Å². The van der Waals surface area contributed by atoms with Gasteiger partial charge in [0.1, 0.15) is 0 Å². The lowest BCUT2D eigenvalue weighted by molar-refractivity contribution is 0.560. The molecule has 1 aromatic carbocycles. The van der Waals surface area contributed by atoms with Gasteiger partial charge < -0.3 is 10.3 Å². The van der Waals surface area contributed by atoms with E-state index in [1.807, 2.05) is 12.1 Å². The molecular weight excluding hydrogens is 244 g/mol. The first-order chi connectivity index (χ1) is 8.68. The molecule has 0 saturated heterocycles. The summed E-state index contributed by atoms with van der Waals surface area (Å²) in [4.78, 5) is 0. The Labute approximate surface area is 112 Å². The Morgan fingerprint density at radius 3 is 2.94 bits per heavy atom. The van der Waals surface area contributed by atoms with Crippen molar-refractivity contribution in [1.82, 2.24) is 4.57 Å². The molecule has 0 fully saturated rings. The second-order valence-electron chi connectivity index (χ2n) is 4.99. The summed E-state index contributed by atoms with van der Waals surface area (Å²) >= 11 is 6.35. The van der Waals surface area contributed by atoms with Gasteiger partial charge in [0.2, 0.25) is 0 Å². The van der Waals surface area contributed by atoms with Crippen molar-refractivity contribution >= 4 is 11.6 Å². The molecule has 2 nitrogen and oxygen atoms in total. The van der Waals surface area contributed by atoms with Gasteiger partial charge in [-0.05, 0) is 49.4 Å². The Hall–Kier alpha value is -1.25. The summed E-state index contributed by atoms with van der Waals surface area (Å²) in [6.07, 6.45) is 5.42. The fourth-order valence-electron chi connectivity index (χ4n) is 2.87. The lowest BCUT2D eigenvalue weighted by Gasteiger charge is -2.22. The van der Waals surface area contributed by atoms with Gasteiger partial charge in [-0.3, -0.25) is 0 Å². The number of nitrogens with two attached hydrogens (primary N) is 1. The first-order valence-electron chi connectivity index (χ1n) is 6.39. The van der Waals surface area contributed by atoms with Crippen molar-refractivity contribution in [2.45, 2.75) is 32.2 Å². The minimum Gasteiger partial charge on any atom is -0.324 e. The molecule has 3 rings (SSSR count). The second-order valence-corrected chi connectivity index (χ2v) is 5.40. The van der Waals surface area contributed by atoms with Crippen LogP contribution in [0.1, 0.15) is 35.7 Å². The van der Waals surface area contributed by atoms with Crippen molar-refractivity contribution in [3.05, 3.63) is 52.3 Å². The fraction of sp³-hybridized carbons (Fsp3) is 0.333. The van der Waals surface area contributed by atoms with E-state index in [1.165, 1.54) is 16.8 Å². The summed E-state index contributed by atoms with van der Waals surface area (Å²) in [7, 11) is 0. The molecule has 0 radical (unpaired) electrons. The highest BCUT2D eigenvalue weighted by Crippen LogP contribution is 2.33. The zero-order valence-corrected chi connectivity index (χ0v) is 11.2. The molecule has 0 aliphatic heterocycles. The van der Waals surface area contributed by atoms with Crippen LogP contribution < -0.4 is 5.73 Å². The number of para-hydroxylation sites is 1. The summed E-state index contributed by atoms with van der Waals surface area (Å²) in [6.45, 7) is 2.09. The minimum absolute atomic E-state index is 0.179. The summed E-state index contributed by atoms with van der Waals surface area (Å²) in [5.74, 6) is 0. The largest absolute Gasteiger partial charge is 0.324 e. The van der Waals surface area contributed by atoms with Gasteiger partial charge in [-0.25, -0.2) is 0 Å². The third-order valence-electron chi connectivity index (χ3n) is 3.78. The number of hydrogen-bond acceptors (Lipinski definition) is 1. The van der Waals surface area contributed by atoms with Crippen molar-refractivity contribution in [3.63, 3.8) is 0 Å². The predicted molar refractivity (Wildman–Crippen MR) is 75.4 cm³/mol. The smallest absolute Gasteiger partial charge is 0.0668 e. The molecule has 0 amide bonds. The number of fused-ring (bicyclic) bond motifs is 1. The van der Waals surface area contributed by atoms with Crippen LogP contribution in [-0.2, 0) is 6.42 Å². The van der Waals surface area contributed by atoms with E-state index in [1.54, 1.807) is 0 Å². The van der Waals surface area contributed by atoms with Gasteiger partial charge in [0, 0.05) is 17.9 Å². The molecule has 1 unspecified atom stereocenters. The standard InChI is InChI=1S/C15H17ClN2/c1-10-4-2-5-12(16)15(10)18-9-8-11-13(17)6-3-7-14(11)18/h2,4-5,8-9,13H,3,6-7,17H2,1H3. The van der Waals surface area contributed by atoms with E-state index in [9.17, 15) is 0 Å². The third kappa shape index (κ3) is 1.76. The van der Waals surface area contributed by atoms with Gasteiger partial charge in [-0.15, -0.1) is 0 Å². The minimum atomic E-state index is 0.179. The third-order valence-corrected chi connectivity index (χ3v) is 4.09. The number of rotatable bonds is 1. The molecule has 94 valence electrons. The molecule has 1 aromatic heterocycles. The zero-order valence-electron chi connectivity index (χ0n) is 10.5. The maximum absolute atomic E-state index is 6.35. The van der Waals surface area contributed by atoms with Crippen LogP contribution in [0.3, 0.4) is 0 Å². The maximum Gasteiger partial charge on any atom is 0.0668 e. The van der Waals surface area contributed by atoms with Crippen molar-refractivity contribution in [3.8, 4) is 5.69 Å². The highest BCUT2D eigenvalue weighted by molar-refractivity contribution is 6.32. The SMILES string of the molecule is Cc1cccc(Cl)c1-n1ccc2c1CCCC2N. The summed E-state index contributed by atoms with van der Waals surface area (Å²) in [5.41, 5.74) is 11.1. The Morgan fingerprint density at radius 2 is 2.17 bits per heavy atom. The Bertz CT molecular complexity index is 566. The number of hydrogen-bond donors (Lipinski definition) is 1. The second kappa shape index (κ2) is 4.45. The summed E-state index contributed by atoms with van der Waals surface area (Å²) in [5, 5.41) is 0.799. The van der Waals surface area contributed by atoms with E-state index >= 15 is 0 Å². The molecule has 1 aliphatic carbocycles. The van der Waals surface area contributed by atoms with Crippen LogP contribution in [0.2, 0.25) is 5.02 Å². The normalized spacial score (nSPS) is 18.7. The highest BCUT2D eigenvalue weighted by atomic mass is 35.5. The van der Waals surface area contributed by atoms with Crippen molar-refractivity contribution < 1.29 is 0 Å². The molecule has 0 spiro atoms. The van der Waals surface area contributed by atoms with E-state index in [4.69, 9.17) is 17.3 Å². The molecule has 1 atom stereocenters. The molecule has 1 aliphatic rings.